The van der Waals surface area contributed by atoms with Crippen LogP contribution in [0.3, 0.4) is 0 Å². The maximum Gasteiger partial charge on any atom is 0.0963 e. The van der Waals surface area contributed by atoms with Crippen molar-refractivity contribution in [2.75, 3.05) is 0 Å². The summed E-state index contributed by atoms with van der Waals surface area (Å²) in [5.74, 6) is 0. The van der Waals surface area contributed by atoms with Crippen molar-refractivity contribution in [2.45, 2.75) is 0 Å². The molecule has 0 saturated heterocycles. The molecule has 0 aliphatic carbocycles. The average Bonchev–Trinajstić information content (AvgIpc) is 3.35. The summed E-state index contributed by atoms with van der Waals surface area (Å²) in [7, 11) is 0. The van der Waals surface area contributed by atoms with E-state index in [2.05, 4.69) is 138 Å². The summed E-state index contributed by atoms with van der Waals surface area (Å²) in [5.41, 5.74) is 9.43. The minimum absolute atomic E-state index is 1.03. The molecule has 0 amide bonds. The van der Waals surface area contributed by atoms with Crippen LogP contribution >= 0.6 is 0 Å². The summed E-state index contributed by atoms with van der Waals surface area (Å²) in [5, 5.41) is 6.19. The molecule has 6 aromatic carbocycles. The number of pyridine rings is 1. The highest BCUT2D eigenvalue weighted by molar-refractivity contribution is 6.22. The summed E-state index contributed by atoms with van der Waals surface area (Å²) in [6, 6.07) is 50.1. The summed E-state index contributed by atoms with van der Waals surface area (Å²) in [6.45, 7) is 0. The van der Waals surface area contributed by atoms with E-state index in [1.807, 2.05) is 12.3 Å². The molecule has 2 heteroatoms. The molecular formula is C37H24N2. The Balaban J connectivity index is 1.55. The van der Waals surface area contributed by atoms with Gasteiger partial charge in [0.1, 0.15) is 0 Å². The zero-order valence-electron chi connectivity index (χ0n) is 21.3. The largest absolute Gasteiger partial charge is 0.308 e. The van der Waals surface area contributed by atoms with Gasteiger partial charge in [0.25, 0.3) is 0 Å². The number of para-hydroxylation sites is 1. The molecule has 0 spiro atoms. The van der Waals surface area contributed by atoms with Crippen LogP contribution in [-0.4, -0.2) is 9.55 Å². The highest BCUT2D eigenvalue weighted by Gasteiger charge is 2.19. The average molecular weight is 497 g/mol. The van der Waals surface area contributed by atoms with E-state index < -0.39 is 0 Å². The molecule has 2 nitrogen and oxygen atoms in total. The van der Waals surface area contributed by atoms with Crippen LogP contribution in [0.1, 0.15) is 0 Å². The van der Waals surface area contributed by atoms with Gasteiger partial charge in [-0.05, 0) is 74.1 Å². The summed E-state index contributed by atoms with van der Waals surface area (Å²) < 4.78 is 2.35. The molecule has 0 unspecified atom stereocenters. The molecule has 8 rings (SSSR count). The lowest BCUT2D eigenvalue weighted by Crippen LogP contribution is -1.96. The van der Waals surface area contributed by atoms with Crippen molar-refractivity contribution >= 4 is 43.5 Å². The lowest BCUT2D eigenvalue weighted by atomic mass is 9.86. The lowest BCUT2D eigenvalue weighted by Gasteiger charge is -2.19. The first-order valence-electron chi connectivity index (χ1n) is 13.3. The van der Waals surface area contributed by atoms with Crippen LogP contribution < -0.4 is 0 Å². The van der Waals surface area contributed by atoms with Gasteiger partial charge in [0.05, 0.1) is 16.6 Å². The second-order valence-electron chi connectivity index (χ2n) is 9.98. The van der Waals surface area contributed by atoms with Crippen LogP contribution in [-0.2, 0) is 0 Å². The van der Waals surface area contributed by atoms with Crippen LogP contribution in [0.4, 0.5) is 0 Å². The fourth-order valence-corrected chi connectivity index (χ4v) is 6.20. The molecule has 39 heavy (non-hydrogen) atoms. The summed E-state index contributed by atoms with van der Waals surface area (Å²) >= 11 is 0. The van der Waals surface area contributed by atoms with E-state index in [9.17, 15) is 0 Å². The van der Waals surface area contributed by atoms with Crippen molar-refractivity contribution in [1.82, 2.24) is 9.55 Å². The van der Waals surface area contributed by atoms with Gasteiger partial charge in [-0.25, -0.2) is 0 Å². The van der Waals surface area contributed by atoms with Gasteiger partial charge >= 0.3 is 0 Å². The van der Waals surface area contributed by atoms with E-state index in [0.717, 1.165) is 22.2 Å². The van der Waals surface area contributed by atoms with Gasteiger partial charge in [-0.15, -0.1) is 0 Å². The number of rotatable bonds is 3. The van der Waals surface area contributed by atoms with Crippen LogP contribution in [0.25, 0.3) is 71.4 Å². The van der Waals surface area contributed by atoms with Crippen LogP contribution in [0.5, 0.6) is 0 Å². The highest BCUT2D eigenvalue weighted by atomic mass is 15.0. The predicted molar refractivity (Wildman–Crippen MR) is 164 cm³/mol. The molecule has 0 aliphatic heterocycles. The third kappa shape index (κ3) is 3.32. The maximum atomic E-state index is 4.76. The van der Waals surface area contributed by atoms with Gasteiger partial charge in [0.15, 0.2) is 0 Å². The van der Waals surface area contributed by atoms with Gasteiger partial charge in [-0.3, -0.25) is 4.98 Å². The number of hydrogen-bond donors (Lipinski definition) is 0. The molecule has 0 N–H and O–H groups in total. The molecule has 2 heterocycles. The fraction of sp³-hybridized carbons (Fsp3) is 0. The normalized spacial score (nSPS) is 11.6. The monoisotopic (exact) mass is 496 g/mol. The Hall–Kier alpha value is -5.21. The Morgan fingerprint density at radius 2 is 0.949 bits per heavy atom. The van der Waals surface area contributed by atoms with E-state index >= 15 is 0 Å². The molecule has 0 bridgehead atoms. The maximum absolute atomic E-state index is 4.76. The minimum Gasteiger partial charge on any atom is -0.308 e. The molecule has 0 radical (unpaired) electrons. The van der Waals surface area contributed by atoms with Crippen molar-refractivity contribution in [3.05, 3.63) is 146 Å². The van der Waals surface area contributed by atoms with E-state index in [4.69, 9.17) is 4.98 Å². The topological polar surface area (TPSA) is 17.8 Å². The van der Waals surface area contributed by atoms with Gasteiger partial charge in [0, 0.05) is 17.3 Å². The lowest BCUT2D eigenvalue weighted by molar-refractivity contribution is 1.18. The highest BCUT2D eigenvalue weighted by Crippen LogP contribution is 2.44. The number of aromatic nitrogens is 2. The number of hydrogen-bond acceptors (Lipinski definition) is 1. The van der Waals surface area contributed by atoms with Crippen LogP contribution in [0.15, 0.2) is 146 Å². The Bertz CT molecular complexity index is 2100. The number of fused-ring (bicyclic) bond motifs is 5. The third-order valence-corrected chi connectivity index (χ3v) is 7.82. The molecule has 0 atom stereocenters. The first-order valence-corrected chi connectivity index (χ1v) is 13.3. The van der Waals surface area contributed by atoms with Gasteiger partial charge in [-0.1, -0.05) is 109 Å². The Morgan fingerprint density at radius 3 is 1.64 bits per heavy atom. The summed E-state index contributed by atoms with van der Waals surface area (Å²) in [4.78, 5) is 4.76. The first kappa shape index (κ1) is 21.8. The minimum atomic E-state index is 1.03. The molecule has 8 aromatic rings. The smallest absolute Gasteiger partial charge is 0.0963 e. The molecule has 0 fully saturated rings. The van der Waals surface area contributed by atoms with Gasteiger partial charge in [-0.2, -0.15) is 0 Å². The zero-order valence-corrected chi connectivity index (χ0v) is 21.3. The number of benzene rings is 6. The molecule has 182 valence electrons. The number of nitrogens with zero attached hydrogens (tertiary/aromatic N) is 2. The standard InChI is InChI=1S/C37H24N2/c1-3-12-25(13-4-1)35-28-16-7-8-17-29(28)36(26-14-5-2-6-15-26)32-24-27(21-22-30(32)35)39-33-19-10-9-18-31(33)37-34(39)20-11-23-38-37/h1-24H. The second kappa shape index (κ2) is 8.68. The van der Waals surface area contributed by atoms with Crippen LogP contribution in [0, 0.1) is 0 Å². The third-order valence-electron chi connectivity index (χ3n) is 7.82. The molecule has 0 saturated carbocycles. The molecule has 0 aliphatic rings. The SMILES string of the molecule is c1ccc(-c2c3ccccc3c(-c3ccccc3)c3cc(-n4c5ccccc5c5ncccc54)ccc23)cc1. The van der Waals surface area contributed by atoms with Crippen molar-refractivity contribution in [3.63, 3.8) is 0 Å². The Kier molecular flexibility index (Phi) is 4.86. The first-order chi connectivity index (χ1) is 19.4. The van der Waals surface area contributed by atoms with Gasteiger partial charge < -0.3 is 4.57 Å². The Morgan fingerprint density at radius 1 is 0.410 bits per heavy atom. The predicted octanol–water partition coefficient (Wildman–Crippen LogP) is 9.82. The van der Waals surface area contributed by atoms with Crippen LogP contribution in [0.2, 0.25) is 0 Å². The van der Waals surface area contributed by atoms with Crippen molar-refractivity contribution < 1.29 is 0 Å². The second-order valence-corrected chi connectivity index (χ2v) is 9.98. The Labute approximate surface area is 226 Å². The van der Waals surface area contributed by atoms with E-state index in [0.29, 0.717) is 0 Å². The van der Waals surface area contributed by atoms with E-state index in [1.54, 1.807) is 0 Å². The summed E-state index contributed by atoms with van der Waals surface area (Å²) in [6.07, 6.45) is 1.88. The van der Waals surface area contributed by atoms with E-state index in [-0.39, 0.29) is 0 Å². The van der Waals surface area contributed by atoms with E-state index in [1.165, 1.54) is 49.2 Å². The van der Waals surface area contributed by atoms with Crippen molar-refractivity contribution in [2.24, 2.45) is 0 Å². The quantitative estimate of drug-likeness (QED) is 0.223. The zero-order chi connectivity index (χ0) is 25.8. The van der Waals surface area contributed by atoms with Gasteiger partial charge in [0.2, 0.25) is 0 Å². The van der Waals surface area contributed by atoms with Crippen molar-refractivity contribution in [1.29, 1.82) is 0 Å². The van der Waals surface area contributed by atoms with Crippen molar-refractivity contribution in [3.8, 4) is 27.9 Å². The molecular weight excluding hydrogens is 472 g/mol. The fourth-order valence-electron chi connectivity index (χ4n) is 6.20. The molecule has 2 aromatic heterocycles.